The lowest BCUT2D eigenvalue weighted by Crippen LogP contribution is -2.45. The van der Waals surface area contributed by atoms with Gasteiger partial charge in [0.2, 0.25) is 35.6 Å². The molecule has 0 bridgehead atoms. The van der Waals surface area contributed by atoms with Crippen LogP contribution in [0, 0.1) is 61.7 Å². The molecule has 8 fully saturated rings. The van der Waals surface area contributed by atoms with Crippen molar-refractivity contribution in [1.29, 1.82) is 0 Å². The number of carbonyl (C=O) groups is 2. The summed E-state index contributed by atoms with van der Waals surface area (Å²) in [5.74, 6) is 12.2. The molecule has 1 spiro atoms. The first-order chi connectivity index (χ1) is 51.0. The molecule has 30 nitrogen and oxygen atoms in total. The molecule has 8 aromatic rings. The van der Waals surface area contributed by atoms with E-state index in [-0.39, 0.29) is 11.8 Å². The molecule has 10 N–H and O–H groups in total. The summed E-state index contributed by atoms with van der Waals surface area (Å²) in [6.07, 6.45) is 24.8. The molecule has 568 valence electrons. The quantitative estimate of drug-likeness (QED) is 0.0381. The number of anilines is 12. The number of likely N-dealkylation sites (tertiary alicyclic amines) is 2. The van der Waals surface area contributed by atoms with Crippen molar-refractivity contribution in [2.24, 2.45) is 69.1 Å². The van der Waals surface area contributed by atoms with Gasteiger partial charge in [0.05, 0.1) is 31.1 Å². The van der Waals surface area contributed by atoms with E-state index in [9.17, 15) is 9.59 Å². The second-order valence-corrected chi connectivity index (χ2v) is 31.6. The monoisotopic (exact) mass is 1530 g/mol. The van der Waals surface area contributed by atoms with Gasteiger partial charge >= 0.3 is 0 Å². The van der Waals surface area contributed by atoms with Crippen molar-refractivity contribution in [3.05, 3.63) is 92.7 Å². The van der Waals surface area contributed by atoms with Crippen molar-refractivity contribution in [1.82, 2.24) is 99.2 Å². The number of imidazole rings is 1. The maximum absolute atomic E-state index is 12.0. The van der Waals surface area contributed by atoms with E-state index < -0.39 is 0 Å². The summed E-state index contributed by atoms with van der Waals surface area (Å²) in [5.41, 5.74) is 3.55. The average Bonchev–Trinajstić information content (AvgIpc) is 1.36. The number of carbonyl (C=O) groups excluding carboxylic acids is 2. The number of aromatic nitrogens is 16. The molecule has 106 heavy (non-hydrogen) atoms. The lowest BCUT2D eigenvalue weighted by Gasteiger charge is -2.46. The van der Waals surface area contributed by atoms with Crippen LogP contribution in [0.5, 0.6) is 0 Å². The molecular weight excluding hydrogens is 1430 g/mol. The zero-order valence-electron chi connectivity index (χ0n) is 61.9. The van der Waals surface area contributed by atoms with Gasteiger partial charge in [-0.2, -0.15) is 35.2 Å². The van der Waals surface area contributed by atoms with Gasteiger partial charge in [0, 0.05) is 133 Å². The Bertz CT molecular complexity index is 4240. The van der Waals surface area contributed by atoms with Gasteiger partial charge in [-0.25, -0.2) is 24.9 Å². The van der Waals surface area contributed by atoms with Gasteiger partial charge in [-0.3, -0.25) is 23.6 Å². The Kier molecular flexibility index (Phi) is 24.2. The fraction of sp³-hybridized carbons (Fsp3) is 0.583. The number of hydrogen-bond donors (Lipinski definition) is 10. The molecule has 4 saturated carbocycles. The predicted molar refractivity (Wildman–Crippen MR) is 416 cm³/mol. The number of hydrogen-bond acceptors (Lipinski definition) is 24. The third-order valence-corrected chi connectivity index (χ3v) is 23.7. The number of halogens is 4. The molecule has 6 unspecified atom stereocenters. The standard InChI is InChI=1S/C22H32ClN7O.C19H26ClN7O.C16H22ClN7.C15H20ClN7/c1-4-19(31)30-11-9-22(10-12-30)7-5-16(6-8-22)25-20-17(23)14-24-21(27-20)26-18-13-15(2)29(3)28-18;1-4-17(28)27-9-12-6-14(7-13(12)10-27)22-18-15(20)8-21-19(24-18)23-16-5-11(2)26(3)25-16;1-9-3-14(23-24(9)2)21-16-19-8-13(17)15(22-16)20-12-4-10-6-18-7-11(10)5-12;1-23-7-13(19-8-23)21-15-18-6-12(16)14(22-15)20-11-2-9-4-17-5-10(9)3-11/h13-14,16H,4-12H2,1-3H3,(H2,24,25,26,27,28);5,8,12-14H,4,6-7,9-10H2,1-3H3,(H2,21,22,23,24,25);3,8,10-12,18H,4-7H2,1-2H3,(H2,19,20,21,22,23);6-11,17H,2-5H2,1H3,(H2,18,20,21,22). The number of piperidine rings is 1. The van der Waals surface area contributed by atoms with Crippen LogP contribution >= 0.6 is 46.4 Å². The molecule has 4 aliphatic heterocycles. The van der Waals surface area contributed by atoms with Crippen molar-refractivity contribution in [3.63, 3.8) is 0 Å². The second-order valence-electron chi connectivity index (χ2n) is 30.0. The summed E-state index contributed by atoms with van der Waals surface area (Å²) in [6, 6.07) is 7.36. The topological polar surface area (TPSA) is 335 Å². The van der Waals surface area contributed by atoms with Crippen molar-refractivity contribution >= 4 is 129 Å². The fourth-order valence-electron chi connectivity index (χ4n) is 16.4. The van der Waals surface area contributed by atoms with E-state index in [0.29, 0.717) is 139 Å². The lowest BCUT2D eigenvalue weighted by molar-refractivity contribution is -0.133. The summed E-state index contributed by atoms with van der Waals surface area (Å²) in [5, 5.41) is 48.7. The third-order valence-electron chi connectivity index (χ3n) is 22.6. The highest BCUT2D eigenvalue weighted by Gasteiger charge is 2.44. The summed E-state index contributed by atoms with van der Waals surface area (Å²) in [4.78, 5) is 67.3. The molecular formula is C72H100Cl4N28O2. The normalized spacial score (nSPS) is 23.3. The highest BCUT2D eigenvalue weighted by molar-refractivity contribution is 6.33. The Balaban J connectivity index is 0.000000126. The number of amides is 2. The van der Waals surface area contributed by atoms with Crippen LogP contribution in [0.3, 0.4) is 0 Å². The van der Waals surface area contributed by atoms with Gasteiger partial charge in [-0.1, -0.05) is 60.3 Å². The van der Waals surface area contributed by atoms with Crippen LogP contribution in [-0.4, -0.2) is 177 Å². The second kappa shape index (κ2) is 33.8. The van der Waals surface area contributed by atoms with E-state index >= 15 is 0 Å². The summed E-state index contributed by atoms with van der Waals surface area (Å²) in [6.45, 7) is 17.9. The number of nitrogens with zero attached hydrogens (tertiary/aromatic N) is 18. The first-order valence-corrected chi connectivity index (χ1v) is 38.8. The largest absolute Gasteiger partial charge is 0.366 e. The molecule has 4 saturated heterocycles. The van der Waals surface area contributed by atoms with Crippen molar-refractivity contribution in [3.8, 4) is 0 Å². The highest BCUT2D eigenvalue weighted by atomic mass is 35.5. The van der Waals surface area contributed by atoms with Crippen LogP contribution in [0.15, 0.2) is 55.5 Å². The smallest absolute Gasteiger partial charge is 0.230 e. The molecule has 2 amide bonds. The number of rotatable bonds is 18. The number of aryl methyl sites for hydroxylation is 7. The Morgan fingerprint density at radius 3 is 1.10 bits per heavy atom. The molecule has 34 heteroatoms. The molecule has 4 aliphatic carbocycles. The van der Waals surface area contributed by atoms with E-state index in [1.54, 1.807) is 40.5 Å². The van der Waals surface area contributed by atoms with Gasteiger partial charge in [-0.05, 0) is 165 Å². The van der Waals surface area contributed by atoms with Gasteiger partial charge in [-0.15, -0.1) is 0 Å². The van der Waals surface area contributed by atoms with Crippen LogP contribution in [0.4, 0.5) is 70.3 Å². The molecule has 6 atom stereocenters. The van der Waals surface area contributed by atoms with Crippen LogP contribution in [-0.2, 0) is 37.8 Å². The minimum atomic E-state index is 0.262. The van der Waals surface area contributed by atoms with Crippen molar-refractivity contribution < 1.29 is 9.59 Å². The van der Waals surface area contributed by atoms with E-state index in [0.717, 1.165) is 137 Å². The molecule has 0 radical (unpaired) electrons. The van der Waals surface area contributed by atoms with Crippen LogP contribution in [0.2, 0.25) is 20.1 Å². The predicted octanol–water partition coefficient (Wildman–Crippen LogP) is 11.6. The SMILES string of the molecule is CCC(=O)N1CC2CC(Nc3nc(Nc4cc(C)n(C)n4)ncc3Cl)CC2C1.CCC(=O)N1CCC2(CCC(Nc3nc(Nc4cc(C)n(C)n4)ncc3Cl)CC2)CC1.Cc1cc(Nc2ncc(Cl)c(NC3CC4CNCC4C3)n2)nn1C.Cn1cnc(Nc2ncc(Cl)c(NC3CC4CNCC4C3)n2)c1. The Morgan fingerprint density at radius 1 is 0.453 bits per heavy atom. The Hall–Kier alpha value is -8.42. The van der Waals surface area contributed by atoms with E-state index in [2.05, 4.69) is 113 Å². The van der Waals surface area contributed by atoms with Crippen LogP contribution in [0.1, 0.15) is 121 Å². The van der Waals surface area contributed by atoms with Crippen molar-refractivity contribution in [2.45, 2.75) is 149 Å². The minimum absolute atomic E-state index is 0.262. The molecule has 12 heterocycles. The number of fused-ring (bicyclic) bond motifs is 3. The van der Waals surface area contributed by atoms with E-state index in [1.165, 1.54) is 38.5 Å². The average molecular weight is 1530 g/mol. The molecule has 8 aliphatic rings. The molecule has 0 aromatic carbocycles. The van der Waals surface area contributed by atoms with Gasteiger partial charge in [0.15, 0.2) is 46.5 Å². The summed E-state index contributed by atoms with van der Waals surface area (Å²) >= 11 is 25.2. The van der Waals surface area contributed by atoms with Gasteiger partial charge < -0.3 is 67.5 Å². The maximum Gasteiger partial charge on any atom is 0.230 e. The first-order valence-electron chi connectivity index (χ1n) is 37.3. The van der Waals surface area contributed by atoms with Crippen LogP contribution < -0.4 is 53.2 Å². The third kappa shape index (κ3) is 18.9. The molecule has 16 rings (SSSR count). The summed E-state index contributed by atoms with van der Waals surface area (Å²) < 4.78 is 7.27. The summed E-state index contributed by atoms with van der Waals surface area (Å²) in [7, 11) is 7.61. The van der Waals surface area contributed by atoms with Gasteiger partial charge in [0.1, 0.15) is 20.1 Å². The zero-order chi connectivity index (χ0) is 74.3. The zero-order valence-corrected chi connectivity index (χ0v) is 64.9. The fourth-order valence-corrected chi connectivity index (χ4v) is 17.0. The van der Waals surface area contributed by atoms with Crippen LogP contribution in [0.25, 0.3) is 0 Å². The van der Waals surface area contributed by atoms with E-state index in [1.807, 2.05) is 106 Å². The number of nitrogens with one attached hydrogen (secondary N) is 10. The Morgan fingerprint density at radius 2 is 0.783 bits per heavy atom. The lowest BCUT2D eigenvalue weighted by atomic mass is 9.67. The van der Waals surface area contributed by atoms with Crippen molar-refractivity contribution in [2.75, 3.05) is 94.9 Å². The first kappa shape index (κ1) is 75.8. The molecule has 8 aromatic heterocycles. The maximum atomic E-state index is 12.0. The Labute approximate surface area is 639 Å². The van der Waals surface area contributed by atoms with E-state index in [4.69, 9.17) is 46.4 Å². The van der Waals surface area contributed by atoms with Gasteiger partial charge in [0.25, 0.3) is 0 Å². The highest BCUT2D eigenvalue weighted by Crippen LogP contribution is 2.46. The minimum Gasteiger partial charge on any atom is -0.366 e.